The largest absolute Gasteiger partial charge is 0.392 e. The molecule has 3 rings (SSSR count). The Balaban J connectivity index is 2.14. The van der Waals surface area contributed by atoms with Crippen molar-refractivity contribution in [2.45, 2.75) is 79.2 Å². The summed E-state index contributed by atoms with van der Waals surface area (Å²) in [5.74, 6) is 1.53. The Labute approximate surface area is 129 Å². The third kappa shape index (κ3) is 1.90. The fourth-order valence-electron chi connectivity index (χ4n) is 6.20. The highest BCUT2D eigenvalue weighted by Gasteiger charge is 2.64. The number of hydrogen-bond donors (Lipinski definition) is 1. The maximum atomic E-state index is 12.8. The Hall–Kier alpha value is -0.370. The minimum atomic E-state index is -0.288. The number of Topliss-reactive ketones (excluding diaryl/α,β-unsaturated/α-hetero) is 1. The first kappa shape index (κ1) is 15.5. The summed E-state index contributed by atoms with van der Waals surface area (Å²) < 4.78 is 0. The highest BCUT2D eigenvalue weighted by Crippen LogP contribution is 2.67. The average molecular weight is 292 g/mol. The Bertz CT molecular complexity index is 454. The summed E-state index contributed by atoms with van der Waals surface area (Å²) in [4.78, 5) is 12.8. The number of hydrogen-bond acceptors (Lipinski definition) is 2. The first-order valence-corrected chi connectivity index (χ1v) is 8.86. The van der Waals surface area contributed by atoms with Crippen LogP contribution in [0.4, 0.5) is 0 Å². The lowest BCUT2D eigenvalue weighted by Crippen LogP contribution is -2.57. The molecule has 0 aromatic carbocycles. The van der Waals surface area contributed by atoms with Gasteiger partial charge in [0, 0.05) is 12.3 Å². The van der Waals surface area contributed by atoms with E-state index in [1.165, 1.54) is 6.42 Å². The van der Waals surface area contributed by atoms with Crippen molar-refractivity contribution in [3.05, 3.63) is 0 Å². The normalized spacial score (nSPS) is 53.0. The van der Waals surface area contributed by atoms with E-state index in [9.17, 15) is 9.90 Å². The molecule has 120 valence electrons. The molecule has 3 aliphatic carbocycles. The van der Waals surface area contributed by atoms with Gasteiger partial charge in [-0.1, -0.05) is 34.6 Å². The van der Waals surface area contributed by atoms with Crippen LogP contribution in [0.15, 0.2) is 0 Å². The number of rotatable bonds is 0. The van der Waals surface area contributed by atoms with Gasteiger partial charge < -0.3 is 5.11 Å². The highest BCUT2D eigenvalue weighted by molar-refractivity contribution is 5.85. The van der Waals surface area contributed by atoms with Gasteiger partial charge in [0.25, 0.3) is 0 Å². The van der Waals surface area contributed by atoms with Crippen molar-refractivity contribution >= 4 is 5.78 Å². The number of carbonyl (C=O) groups excluding carboxylic acids is 1. The summed E-state index contributed by atoms with van der Waals surface area (Å²) >= 11 is 0. The first-order chi connectivity index (χ1) is 9.65. The molecule has 0 spiro atoms. The molecule has 0 aromatic rings. The van der Waals surface area contributed by atoms with Crippen LogP contribution in [0.2, 0.25) is 0 Å². The number of carbonyl (C=O) groups is 1. The third-order valence-electron chi connectivity index (χ3n) is 8.05. The summed E-state index contributed by atoms with van der Waals surface area (Å²) in [6, 6.07) is 0. The summed E-state index contributed by atoms with van der Waals surface area (Å²) in [5.41, 5.74) is 0.161. The maximum absolute atomic E-state index is 12.8. The molecule has 3 saturated carbocycles. The molecule has 1 N–H and O–H groups in total. The van der Waals surface area contributed by atoms with Gasteiger partial charge in [0.15, 0.2) is 0 Å². The maximum Gasteiger partial charge on any atom is 0.137 e. The van der Waals surface area contributed by atoms with Gasteiger partial charge >= 0.3 is 0 Å². The van der Waals surface area contributed by atoms with Gasteiger partial charge in [-0.3, -0.25) is 4.79 Å². The van der Waals surface area contributed by atoms with E-state index in [2.05, 4.69) is 34.6 Å². The second-order valence-electron chi connectivity index (χ2n) is 9.30. The van der Waals surface area contributed by atoms with E-state index in [0.29, 0.717) is 11.7 Å². The topological polar surface area (TPSA) is 37.3 Å². The summed E-state index contributed by atoms with van der Waals surface area (Å²) in [5, 5.41) is 11.0. The zero-order valence-electron chi connectivity index (χ0n) is 14.4. The van der Waals surface area contributed by atoms with E-state index in [1.54, 1.807) is 0 Å². The Kier molecular flexibility index (Phi) is 3.37. The van der Waals surface area contributed by atoms with Gasteiger partial charge in [-0.25, -0.2) is 0 Å². The van der Waals surface area contributed by atoms with E-state index in [0.717, 1.165) is 32.1 Å². The van der Waals surface area contributed by atoms with E-state index >= 15 is 0 Å². The van der Waals surface area contributed by atoms with Gasteiger partial charge in [0.2, 0.25) is 0 Å². The zero-order valence-corrected chi connectivity index (χ0v) is 14.4. The number of ketones is 1. The molecule has 0 amide bonds. The third-order valence-corrected chi connectivity index (χ3v) is 8.05. The standard InChI is InChI=1S/C19H32O2/c1-12-6-8-19-9-7-14(20)15(19)18(12,5)11-10-17(3,4)16(21)13(19)2/h12-13,15-16,21H,6-11H2,1-5H3/t12-,13+,15+,16+,18-,19?/m1/s1. The van der Waals surface area contributed by atoms with Crippen LogP contribution in [-0.2, 0) is 4.79 Å². The van der Waals surface area contributed by atoms with Crippen LogP contribution < -0.4 is 0 Å². The molecule has 0 heterocycles. The van der Waals surface area contributed by atoms with Crippen molar-refractivity contribution in [1.29, 1.82) is 0 Å². The fourth-order valence-corrected chi connectivity index (χ4v) is 6.20. The monoisotopic (exact) mass is 292 g/mol. The van der Waals surface area contributed by atoms with Crippen LogP contribution >= 0.6 is 0 Å². The molecular weight excluding hydrogens is 260 g/mol. The summed E-state index contributed by atoms with van der Waals surface area (Å²) in [7, 11) is 0. The van der Waals surface area contributed by atoms with E-state index in [1.807, 2.05) is 0 Å². The summed E-state index contributed by atoms with van der Waals surface area (Å²) in [6.07, 6.45) is 5.93. The van der Waals surface area contributed by atoms with Crippen molar-refractivity contribution in [3.8, 4) is 0 Å². The molecule has 2 heteroatoms. The quantitative estimate of drug-likeness (QED) is 0.726. The van der Waals surface area contributed by atoms with Crippen molar-refractivity contribution in [2.75, 3.05) is 0 Å². The predicted molar refractivity (Wildman–Crippen MR) is 84.9 cm³/mol. The zero-order chi connectivity index (χ0) is 15.6. The SMILES string of the molecule is C[C@@H]1CCC23CCC(=O)[C@H]2[C@]1(C)CCC(C)(C)[C@@H](O)[C@@H]3C. The molecule has 2 nitrogen and oxygen atoms in total. The Morgan fingerprint density at radius 1 is 1.05 bits per heavy atom. The minimum absolute atomic E-state index is 0.0403. The van der Waals surface area contributed by atoms with Crippen LogP contribution in [-0.4, -0.2) is 17.0 Å². The predicted octanol–water partition coefficient (Wildman–Crippen LogP) is 4.21. The van der Waals surface area contributed by atoms with Gasteiger partial charge in [-0.2, -0.15) is 0 Å². The molecule has 0 aliphatic heterocycles. The molecule has 21 heavy (non-hydrogen) atoms. The summed E-state index contributed by atoms with van der Waals surface area (Å²) in [6.45, 7) is 11.4. The van der Waals surface area contributed by atoms with Crippen LogP contribution in [0.25, 0.3) is 0 Å². The molecule has 3 aliphatic rings. The van der Waals surface area contributed by atoms with E-state index < -0.39 is 0 Å². The van der Waals surface area contributed by atoms with Crippen molar-refractivity contribution < 1.29 is 9.90 Å². The molecule has 0 radical (unpaired) electrons. The second kappa shape index (κ2) is 4.57. The van der Waals surface area contributed by atoms with Crippen LogP contribution in [0.3, 0.4) is 0 Å². The van der Waals surface area contributed by atoms with Crippen molar-refractivity contribution in [3.63, 3.8) is 0 Å². The lowest BCUT2D eigenvalue weighted by Gasteiger charge is -2.60. The van der Waals surface area contributed by atoms with Gasteiger partial charge in [0.1, 0.15) is 5.78 Å². The molecular formula is C19H32O2. The van der Waals surface area contributed by atoms with E-state index in [4.69, 9.17) is 0 Å². The van der Waals surface area contributed by atoms with Crippen molar-refractivity contribution in [2.24, 2.45) is 34.0 Å². The van der Waals surface area contributed by atoms with Crippen molar-refractivity contribution in [1.82, 2.24) is 0 Å². The number of aliphatic hydroxyl groups excluding tert-OH is 1. The van der Waals surface area contributed by atoms with E-state index in [-0.39, 0.29) is 34.2 Å². The van der Waals surface area contributed by atoms with Crippen LogP contribution in [0.5, 0.6) is 0 Å². The Morgan fingerprint density at radius 2 is 1.71 bits per heavy atom. The molecule has 0 saturated heterocycles. The molecule has 1 unspecified atom stereocenters. The van der Waals surface area contributed by atoms with Gasteiger partial charge in [-0.05, 0) is 60.2 Å². The first-order valence-electron chi connectivity index (χ1n) is 8.86. The number of aliphatic hydroxyl groups is 1. The van der Waals surface area contributed by atoms with Crippen LogP contribution in [0.1, 0.15) is 73.1 Å². The smallest absolute Gasteiger partial charge is 0.137 e. The Morgan fingerprint density at radius 3 is 2.38 bits per heavy atom. The molecule has 2 bridgehead atoms. The van der Waals surface area contributed by atoms with Gasteiger partial charge in [0.05, 0.1) is 6.10 Å². The lowest BCUT2D eigenvalue weighted by atomic mass is 9.45. The lowest BCUT2D eigenvalue weighted by molar-refractivity contribution is -0.162. The van der Waals surface area contributed by atoms with Crippen LogP contribution in [0, 0.1) is 34.0 Å². The second-order valence-corrected chi connectivity index (χ2v) is 9.30. The highest BCUT2D eigenvalue weighted by atomic mass is 16.3. The minimum Gasteiger partial charge on any atom is -0.392 e. The fraction of sp³-hybridized carbons (Fsp3) is 0.947. The van der Waals surface area contributed by atoms with Gasteiger partial charge in [-0.15, -0.1) is 0 Å². The molecule has 0 aromatic heterocycles. The average Bonchev–Trinajstić information content (AvgIpc) is 2.78. The molecule has 6 atom stereocenters. The molecule has 3 fully saturated rings.